The molecule has 1 saturated heterocycles. The average Bonchev–Trinajstić information content (AvgIpc) is 2.86. The standard InChI is InChI=1S/C15H17ClN4O/c1-19-10-12(16)7-13(19)15(21)20-6-5-18-9-14(20)11-3-2-4-17-8-11/h2-4,7-8,10,14,18H,5-6,9H2,1H3. The summed E-state index contributed by atoms with van der Waals surface area (Å²) < 4.78 is 1.77. The summed E-state index contributed by atoms with van der Waals surface area (Å²) in [6.45, 7) is 2.19. The predicted molar refractivity (Wildman–Crippen MR) is 81.3 cm³/mol. The molecule has 0 aliphatic carbocycles. The van der Waals surface area contributed by atoms with E-state index in [-0.39, 0.29) is 11.9 Å². The summed E-state index contributed by atoms with van der Waals surface area (Å²) in [7, 11) is 1.83. The molecule has 0 radical (unpaired) electrons. The van der Waals surface area contributed by atoms with Crippen LogP contribution in [-0.2, 0) is 7.05 Å². The highest BCUT2D eigenvalue weighted by Crippen LogP contribution is 2.24. The van der Waals surface area contributed by atoms with Crippen molar-refractivity contribution in [3.63, 3.8) is 0 Å². The van der Waals surface area contributed by atoms with Crippen molar-refractivity contribution in [2.75, 3.05) is 19.6 Å². The van der Waals surface area contributed by atoms with Gasteiger partial charge in [0.15, 0.2) is 0 Å². The van der Waals surface area contributed by atoms with Gasteiger partial charge < -0.3 is 14.8 Å². The summed E-state index contributed by atoms with van der Waals surface area (Å²) in [6.07, 6.45) is 5.30. The molecule has 6 heteroatoms. The average molecular weight is 305 g/mol. The third kappa shape index (κ3) is 2.80. The first-order valence-electron chi connectivity index (χ1n) is 6.90. The van der Waals surface area contributed by atoms with E-state index < -0.39 is 0 Å². The van der Waals surface area contributed by atoms with E-state index in [1.54, 1.807) is 23.0 Å². The summed E-state index contributed by atoms with van der Waals surface area (Å²) in [5.41, 5.74) is 1.65. The van der Waals surface area contributed by atoms with E-state index in [2.05, 4.69) is 10.3 Å². The fourth-order valence-corrected chi connectivity index (χ4v) is 2.95. The Balaban J connectivity index is 1.91. The molecule has 3 rings (SSSR count). The minimum absolute atomic E-state index is 0.000229. The molecule has 110 valence electrons. The van der Waals surface area contributed by atoms with Crippen LogP contribution in [0.25, 0.3) is 0 Å². The quantitative estimate of drug-likeness (QED) is 0.921. The van der Waals surface area contributed by atoms with E-state index >= 15 is 0 Å². The number of nitrogens with zero attached hydrogens (tertiary/aromatic N) is 3. The van der Waals surface area contributed by atoms with Crippen molar-refractivity contribution in [2.24, 2.45) is 7.05 Å². The number of aryl methyl sites for hydroxylation is 1. The molecule has 1 aliphatic heterocycles. The van der Waals surface area contributed by atoms with Crippen LogP contribution in [0.5, 0.6) is 0 Å². The van der Waals surface area contributed by atoms with Crippen molar-refractivity contribution in [1.82, 2.24) is 19.8 Å². The normalized spacial score (nSPS) is 18.8. The number of nitrogens with one attached hydrogen (secondary N) is 1. The summed E-state index contributed by atoms with van der Waals surface area (Å²) in [4.78, 5) is 18.9. The molecule has 1 fully saturated rings. The van der Waals surface area contributed by atoms with Gasteiger partial charge in [0.1, 0.15) is 5.69 Å². The molecular weight excluding hydrogens is 288 g/mol. The SMILES string of the molecule is Cn1cc(Cl)cc1C(=O)N1CCNCC1c1cccnc1. The molecule has 3 heterocycles. The summed E-state index contributed by atoms with van der Waals surface area (Å²) >= 11 is 5.99. The van der Waals surface area contributed by atoms with Gasteiger partial charge in [0.05, 0.1) is 11.1 Å². The summed E-state index contributed by atoms with van der Waals surface area (Å²) in [5, 5.41) is 3.91. The van der Waals surface area contributed by atoms with Crippen LogP contribution in [0.1, 0.15) is 22.1 Å². The molecule has 5 nitrogen and oxygen atoms in total. The Morgan fingerprint density at radius 1 is 1.52 bits per heavy atom. The maximum absolute atomic E-state index is 12.8. The molecule has 2 aromatic rings. The number of carbonyl (C=O) groups is 1. The maximum atomic E-state index is 12.8. The third-order valence-corrected chi connectivity index (χ3v) is 3.97. The van der Waals surface area contributed by atoms with Crippen molar-refractivity contribution in [3.8, 4) is 0 Å². The highest BCUT2D eigenvalue weighted by Gasteiger charge is 2.30. The second-order valence-corrected chi connectivity index (χ2v) is 5.60. The van der Waals surface area contributed by atoms with Crippen LogP contribution >= 0.6 is 11.6 Å². The largest absolute Gasteiger partial charge is 0.345 e. The minimum Gasteiger partial charge on any atom is -0.345 e. The van der Waals surface area contributed by atoms with Crippen molar-refractivity contribution in [1.29, 1.82) is 0 Å². The van der Waals surface area contributed by atoms with Crippen molar-refractivity contribution >= 4 is 17.5 Å². The Morgan fingerprint density at radius 2 is 2.38 bits per heavy atom. The number of aromatic nitrogens is 2. The molecule has 0 bridgehead atoms. The van der Waals surface area contributed by atoms with Gasteiger partial charge in [0, 0.05) is 45.3 Å². The molecule has 0 aromatic carbocycles. The number of hydrogen-bond donors (Lipinski definition) is 1. The first-order valence-corrected chi connectivity index (χ1v) is 7.28. The zero-order valence-electron chi connectivity index (χ0n) is 11.8. The van der Waals surface area contributed by atoms with Crippen LogP contribution in [0.4, 0.5) is 0 Å². The lowest BCUT2D eigenvalue weighted by molar-refractivity contribution is 0.0624. The van der Waals surface area contributed by atoms with Gasteiger partial charge in [-0.25, -0.2) is 0 Å². The van der Waals surface area contributed by atoms with E-state index in [1.807, 2.05) is 30.3 Å². The van der Waals surface area contributed by atoms with Crippen LogP contribution in [0.2, 0.25) is 5.02 Å². The third-order valence-electron chi connectivity index (χ3n) is 3.76. The van der Waals surface area contributed by atoms with E-state index in [1.165, 1.54) is 0 Å². The Hall–Kier alpha value is -1.85. The highest BCUT2D eigenvalue weighted by atomic mass is 35.5. The van der Waals surface area contributed by atoms with Gasteiger partial charge in [0.2, 0.25) is 0 Å². The van der Waals surface area contributed by atoms with Crippen LogP contribution < -0.4 is 5.32 Å². The highest BCUT2D eigenvalue weighted by molar-refractivity contribution is 6.31. The van der Waals surface area contributed by atoms with Crippen LogP contribution in [0.15, 0.2) is 36.8 Å². The first kappa shape index (κ1) is 14.1. The van der Waals surface area contributed by atoms with Gasteiger partial charge in [-0.3, -0.25) is 9.78 Å². The van der Waals surface area contributed by atoms with Gasteiger partial charge >= 0.3 is 0 Å². The Morgan fingerprint density at radius 3 is 3.05 bits per heavy atom. The molecular formula is C15H17ClN4O. The number of pyridine rings is 1. The van der Waals surface area contributed by atoms with Crippen molar-refractivity contribution in [3.05, 3.63) is 53.1 Å². The Kier molecular flexibility index (Phi) is 3.94. The molecule has 1 unspecified atom stereocenters. The van der Waals surface area contributed by atoms with E-state index in [9.17, 15) is 4.79 Å². The van der Waals surface area contributed by atoms with Crippen molar-refractivity contribution in [2.45, 2.75) is 6.04 Å². The van der Waals surface area contributed by atoms with E-state index in [0.717, 1.165) is 18.7 Å². The Bertz CT molecular complexity index is 640. The number of piperazine rings is 1. The van der Waals surface area contributed by atoms with E-state index in [4.69, 9.17) is 11.6 Å². The topological polar surface area (TPSA) is 50.2 Å². The zero-order chi connectivity index (χ0) is 14.8. The minimum atomic E-state index is -0.00590. The molecule has 1 N–H and O–H groups in total. The van der Waals surface area contributed by atoms with Crippen LogP contribution in [-0.4, -0.2) is 40.0 Å². The molecule has 21 heavy (non-hydrogen) atoms. The Labute approximate surface area is 128 Å². The molecule has 1 atom stereocenters. The lowest BCUT2D eigenvalue weighted by atomic mass is 10.0. The predicted octanol–water partition coefficient (Wildman–Crippen LogP) is 1.86. The van der Waals surface area contributed by atoms with Crippen molar-refractivity contribution < 1.29 is 4.79 Å². The van der Waals surface area contributed by atoms with E-state index in [0.29, 0.717) is 17.3 Å². The van der Waals surface area contributed by atoms with Crippen LogP contribution in [0, 0.1) is 0 Å². The molecule has 1 amide bonds. The number of amides is 1. The van der Waals surface area contributed by atoms with Crippen LogP contribution in [0.3, 0.4) is 0 Å². The van der Waals surface area contributed by atoms with Gasteiger partial charge in [-0.05, 0) is 17.7 Å². The monoisotopic (exact) mass is 304 g/mol. The number of carbonyl (C=O) groups excluding carboxylic acids is 1. The van der Waals surface area contributed by atoms with Gasteiger partial charge in [-0.1, -0.05) is 17.7 Å². The maximum Gasteiger partial charge on any atom is 0.271 e. The number of halogens is 1. The lowest BCUT2D eigenvalue weighted by Crippen LogP contribution is -2.49. The van der Waals surface area contributed by atoms with Gasteiger partial charge in [-0.15, -0.1) is 0 Å². The summed E-state index contributed by atoms with van der Waals surface area (Å²) in [5.74, 6) is -0.000229. The fraction of sp³-hybridized carbons (Fsp3) is 0.333. The first-order chi connectivity index (χ1) is 10.2. The zero-order valence-corrected chi connectivity index (χ0v) is 12.5. The van der Waals surface area contributed by atoms with Gasteiger partial charge in [0.25, 0.3) is 5.91 Å². The lowest BCUT2D eigenvalue weighted by Gasteiger charge is -2.36. The molecule has 0 spiro atoms. The summed E-state index contributed by atoms with van der Waals surface area (Å²) in [6, 6.07) is 5.61. The second-order valence-electron chi connectivity index (χ2n) is 5.16. The fourth-order valence-electron chi connectivity index (χ4n) is 2.70. The number of rotatable bonds is 2. The molecule has 1 aliphatic rings. The van der Waals surface area contributed by atoms with Gasteiger partial charge in [-0.2, -0.15) is 0 Å². The molecule has 0 saturated carbocycles. The second kappa shape index (κ2) is 5.87. The number of hydrogen-bond acceptors (Lipinski definition) is 3. The smallest absolute Gasteiger partial charge is 0.271 e. The molecule has 2 aromatic heterocycles.